The Bertz CT molecular complexity index is 711. The fraction of sp³-hybridized carbons (Fsp3) is 0.571. The lowest BCUT2D eigenvalue weighted by molar-refractivity contribution is 0.0570. The van der Waals surface area contributed by atoms with E-state index in [4.69, 9.17) is 4.74 Å². The van der Waals surface area contributed by atoms with Crippen molar-refractivity contribution in [3.8, 4) is 0 Å². The Morgan fingerprint density at radius 3 is 2.64 bits per heavy atom. The molecule has 1 fully saturated rings. The molecule has 2 heterocycles. The SMILES string of the molecule is CCOC(=O)N1CCN(C(=O)c2cncc(NCCC3=CCCCC3)c2)CC1. The number of piperazine rings is 1. The van der Waals surface area contributed by atoms with Crippen LogP contribution in [0.4, 0.5) is 10.5 Å². The van der Waals surface area contributed by atoms with Crippen LogP contribution in [0, 0.1) is 0 Å². The van der Waals surface area contributed by atoms with Crippen molar-refractivity contribution in [2.45, 2.75) is 39.0 Å². The van der Waals surface area contributed by atoms with Crippen molar-refractivity contribution < 1.29 is 14.3 Å². The highest BCUT2D eigenvalue weighted by molar-refractivity contribution is 5.94. The van der Waals surface area contributed by atoms with E-state index in [-0.39, 0.29) is 12.0 Å². The van der Waals surface area contributed by atoms with Gasteiger partial charge in [-0.2, -0.15) is 0 Å². The molecular weight excluding hydrogens is 356 g/mol. The van der Waals surface area contributed by atoms with Crippen LogP contribution in [0.3, 0.4) is 0 Å². The van der Waals surface area contributed by atoms with E-state index in [0.29, 0.717) is 38.3 Å². The second kappa shape index (κ2) is 10.1. The van der Waals surface area contributed by atoms with Crippen LogP contribution in [0.5, 0.6) is 0 Å². The maximum Gasteiger partial charge on any atom is 0.409 e. The van der Waals surface area contributed by atoms with E-state index in [9.17, 15) is 9.59 Å². The Morgan fingerprint density at radius 1 is 1.14 bits per heavy atom. The van der Waals surface area contributed by atoms with Gasteiger partial charge in [-0.25, -0.2) is 4.79 Å². The summed E-state index contributed by atoms with van der Waals surface area (Å²) in [5.41, 5.74) is 2.97. The summed E-state index contributed by atoms with van der Waals surface area (Å²) in [6.07, 6.45) is 11.4. The monoisotopic (exact) mass is 386 g/mol. The highest BCUT2D eigenvalue weighted by atomic mass is 16.6. The Labute approximate surface area is 166 Å². The summed E-state index contributed by atoms with van der Waals surface area (Å²) in [6.45, 7) is 4.99. The molecule has 152 valence electrons. The van der Waals surface area contributed by atoms with E-state index in [1.165, 1.54) is 31.3 Å². The summed E-state index contributed by atoms with van der Waals surface area (Å²) in [4.78, 5) is 32.2. The zero-order valence-electron chi connectivity index (χ0n) is 16.7. The fourth-order valence-electron chi connectivity index (χ4n) is 3.64. The summed E-state index contributed by atoms with van der Waals surface area (Å²) >= 11 is 0. The Kier molecular flexibility index (Phi) is 7.28. The standard InChI is InChI=1S/C21H30N4O3/c1-2-28-21(27)25-12-10-24(11-13-25)20(26)18-14-19(16-22-15-18)23-9-8-17-6-4-3-5-7-17/h6,14-16,23H,2-5,7-13H2,1H3. The minimum Gasteiger partial charge on any atom is -0.450 e. The lowest BCUT2D eigenvalue weighted by Gasteiger charge is -2.34. The van der Waals surface area contributed by atoms with Crippen LogP contribution in [0.15, 0.2) is 30.1 Å². The number of allylic oxidation sites excluding steroid dienone is 1. The summed E-state index contributed by atoms with van der Waals surface area (Å²) in [5.74, 6) is -0.0466. The zero-order chi connectivity index (χ0) is 19.8. The molecule has 0 bridgehead atoms. The molecule has 2 aliphatic rings. The number of anilines is 1. The number of hydrogen-bond acceptors (Lipinski definition) is 5. The first-order valence-electron chi connectivity index (χ1n) is 10.2. The largest absolute Gasteiger partial charge is 0.450 e. The van der Waals surface area contributed by atoms with Crippen molar-refractivity contribution in [1.82, 2.24) is 14.8 Å². The van der Waals surface area contributed by atoms with Crippen molar-refractivity contribution in [2.24, 2.45) is 0 Å². The lowest BCUT2D eigenvalue weighted by Crippen LogP contribution is -2.50. The molecule has 28 heavy (non-hydrogen) atoms. The number of nitrogens with zero attached hydrogens (tertiary/aromatic N) is 3. The van der Waals surface area contributed by atoms with Crippen LogP contribution in [-0.4, -0.2) is 66.1 Å². The number of carbonyl (C=O) groups excluding carboxylic acids is 2. The zero-order valence-corrected chi connectivity index (χ0v) is 16.7. The van der Waals surface area contributed by atoms with Crippen molar-refractivity contribution in [3.63, 3.8) is 0 Å². The fourth-order valence-corrected chi connectivity index (χ4v) is 3.64. The first-order valence-corrected chi connectivity index (χ1v) is 10.2. The summed E-state index contributed by atoms with van der Waals surface area (Å²) in [7, 11) is 0. The minimum absolute atomic E-state index is 0.0466. The van der Waals surface area contributed by atoms with Crippen molar-refractivity contribution in [1.29, 1.82) is 0 Å². The van der Waals surface area contributed by atoms with E-state index < -0.39 is 0 Å². The molecule has 7 heteroatoms. The smallest absolute Gasteiger partial charge is 0.409 e. The molecule has 0 spiro atoms. The average Bonchev–Trinajstić information content (AvgIpc) is 2.74. The number of aromatic nitrogens is 1. The van der Waals surface area contributed by atoms with Gasteiger partial charge in [-0.05, 0) is 45.1 Å². The minimum atomic E-state index is -0.310. The van der Waals surface area contributed by atoms with E-state index in [1.54, 1.807) is 29.1 Å². The van der Waals surface area contributed by atoms with E-state index in [1.807, 2.05) is 6.07 Å². The van der Waals surface area contributed by atoms with Gasteiger partial charge in [-0.15, -0.1) is 0 Å². The molecular formula is C21H30N4O3. The molecule has 3 rings (SSSR count). The third-order valence-electron chi connectivity index (χ3n) is 5.24. The summed E-state index contributed by atoms with van der Waals surface area (Å²) in [5, 5.41) is 3.38. The van der Waals surface area contributed by atoms with Crippen LogP contribution >= 0.6 is 0 Å². The molecule has 0 atom stereocenters. The predicted octanol–water partition coefficient (Wildman–Crippen LogP) is 3.30. The molecule has 7 nitrogen and oxygen atoms in total. The Morgan fingerprint density at radius 2 is 1.93 bits per heavy atom. The molecule has 2 amide bonds. The van der Waals surface area contributed by atoms with Gasteiger partial charge in [0.2, 0.25) is 0 Å². The second-order valence-corrected chi connectivity index (χ2v) is 7.23. The number of carbonyl (C=O) groups is 2. The van der Waals surface area contributed by atoms with Gasteiger partial charge in [-0.1, -0.05) is 11.6 Å². The maximum atomic E-state index is 12.8. The van der Waals surface area contributed by atoms with Crippen molar-refractivity contribution in [2.75, 3.05) is 44.6 Å². The second-order valence-electron chi connectivity index (χ2n) is 7.23. The van der Waals surface area contributed by atoms with Gasteiger partial charge in [0.1, 0.15) is 0 Å². The first kappa shape index (κ1) is 20.2. The predicted molar refractivity (Wildman–Crippen MR) is 108 cm³/mol. The first-order chi connectivity index (χ1) is 13.7. The molecule has 1 aromatic rings. The summed E-state index contributed by atoms with van der Waals surface area (Å²) < 4.78 is 5.02. The van der Waals surface area contributed by atoms with Gasteiger partial charge in [0.05, 0.1) is 17.9 Å². The third kappa shape index (κ3) is 5.47. The molecule has 0 radical (unpaired) electrons. The molecule has 0 saturated carbocycles. The van der Waals surface area contributed by atoms with Crippen LogP contribution in [-0.2, 0) is 4.74 Å². The van der Waals surface area contributed by atoms with Gasteiger partial charge >= 0.3 is 6.09 Å². The van der Waals surface area contributed by atoms with Crippen molar-refractivity contribution in [3.05, 3.63) is 35.7 Å². The molecule has 0 aromatic carbocycles. The number of rotatable bonds is 6. The number of ether oxygens (including phenoxy) is 1. The van der Waals surface area contributed by atoms with E-state index in [2.05, 4.69) is 16.4 Å². The average molecular weight is 386 g/mol. The van der Waals surface area contributed by atoms with Gasteiger partial charge in [0.15, 0.2) is 0 Å². The van der Waals surface area contributed by atoms with Crippen LogP contribution in [0.25, 0.3) is 0 Å². The van der Waals surface area contributed by atoms with Crippen LogP contribution < -0.4 is 5.32 Å². The Balaban J connectivity index is 1.50. The van der Waals surface area contributed by atoms with E-state index in [0.717, 1.165) is 18.7 Å². The quantitative estimate of drug-likeness (QED) is 0.760. The molecule has 0 unspecified atom stereocenters. The molecule has 1 aromatic heterocycles. The molecule has 1 aliphatic heterocycles. The van der Waals surface area contributed by atoms with Crippen LogP contribution in [0.2, 0.25) is 0 Å². The number of nitrogens with one attached hydrogen (secondary N) is 1. The maximum absolute atomic E-state index is 12.8. The Hall–Kier alpha value is -2.57. The van der Waals surface area contributed by atoms with Crippen molar-refractivity contribution >= 4 is 17.7 Å². The van der Waals surface area contributed by atoms with Gasteiger partial charge < -0.3 is 19.9 Å². The number of amides is 2. The lowest BCUT2D eigenvalue weighted by atomic mass is 9.97. The summed E-state index contributed by atoms with van der Waals surface area (Å²) in [6, 6.07) is 1.86. The number of pyridine rings is 1. The van der Waals surface area contributed by atoms with Gasteiger partial charge in [0, 0.05) is 45.1 Å². The number of hydrogen-bond donors (Lipinski definition) is 1. The molecule has 1 saturated heterocycles. The normalized spacial score (nSPS) is 17.1. The molecule has 1 aliphatic carbocycles. The van der Waals surface area contributed by atoms with Gasteiger partial charge in [0.25, 0.3) is 5.91 Å². The van der Waals surface area contributed by atoms with E-state index >= 15 is 0 Å². The van der Waals surface area contributed by atoms with Crippen LogP contribution in [0.1, 0.15) is 49.4 Å². The van der Waals surface area contributed by atoms with Gasteiger partial charge in [-0.3, -0.25) is 9.78 Å². The topological polar surface area (TPSA) is 74.8 Å². The highest BCUT2D eigenvalue weighted by Crippen LogP contribution is 2.20. The third-order valence-corrected chi connectivity index (χ3v) is 5.24. The highest BCUT2D eigenvalue weighted by Gasteiger charge is 2.25. The molecule has 1 N–H and O–H groups in total.